The highest BCUT2D eigenvalue weighted by Gasteiger charge is 1.87. The molecule has 0 bridgehead atoms. The van der Waals surface area contributed by atoms with Crippen LogP contribution in [-0.2, 0) is 9.53 Å². The van der Waals surface area contributed by atoms with Gasteiger partial charge < -0.3 is 10.5 Å². The first-order chi connectivity index (χ1) is 3.27. The van der Waals surface area contributed by atoms with Gasteiger partial charge in [0.15, 0.2) is 0 Å². The largest absolute Gasteiger partial charge is 0.371 e. The van der Waals surface area contributed by atoms with Gasteiger partial charge in [0.25, 0.3) is 0 Å². The van der Waals surface area contributed by atoms with Crippen LogP contribution in [0.5, 0.6) is 0 Å². The summed E-state index contributed by atoms with van der Waals surface area (Å²) < 4.78 is 4.40. The molecule has 0 spiro atoms. The molecule has 0 rings (SSSR count). The van der Waals surface area contributed by atoms with Crippen LogP contribution in [0.1, 0.15) is 0 Å². The van der Waals surface area contributed by atoms with Crippen molar-refractivity contribution < 1.29 is 9.53 Å². The molecule has 0 heterocycles. The summed E-state index contributed by atoms with van der Waals surface area (Å²) in [5.74, 6) is -0.495. The average molecular weight is 101 g/mol. The minimum absolute atomic E-state index is 0.0446. The van der Waals surface area contributed by atoms with Crippen molar-refractivity contribution in [3.8, 4) is 0 Å². The van der Waals surface area contributed by atoms with E-state index in [1.54, 1.807) is 0 Å². The summed E-state index contributed by atoms with van der Waals surface area (Å²) in [6.45, 7) is 4.80. The van der Waals surface area contributed by atoms with E-state index in [9.17, 15) is 4.79 Å². The number of nitrogens with two attached hydrogens (primary N) is 1. The molecule has 0 unspecified atom stereocenters. The molecule has 40 valence electrons. The van der Waals surface area contributed by atoms with E-state index in [2.05, 4.69) is 10.5 Å². The minimum atomic E-state index is -0.495. The van der Waals surface area contributed by atoms with Crippen LogP contribution in [0.25, 0.3) is 0 Å². The molecule has 0 saturated heterocycles. The Kier molecular flexibility index (Phi) is 3.32. The number of rotatable bonds is 3. The van der Waals surface area contributed by atoms with Crippen molar-refractivity contribution in [3.05, 3.63) is 6.92 Å². The van der Waals surface area contributed by atoms with E-state index >= 15 is 0 Å². The molecule has 0 aliphatic carbocycles. The van der Waals surface area contributed by atoms with E-state index in [0.717, 1.165) is 0 Å². The van der Waals surface area contributed by atoms with Gasteiger partial charge in [0.2, 0.25) is 5.91 Å². The van der Waals surface area contributed by atoms with Crippen molar-refractivity contribution in [1.29, 1.82) is 0 Å². The van der Waals surface area contributed by atoms with Crippen LogP contribution in [0.2, 0.25) is 0 Å². The van der Waals surface area contributed by atoms with Gasteiger partial charge in [-0.2, -0.15) is 0 Å². The maximum atomic E-state index is 9.80. The average Bonchev–Trinajstić information content (AvgIpc) is 1.61. The summed E-state index contributed by atoms with van der Waals surface area (Å²) in [5, 5.41) is 0. The van der Waals surface area contributed by atoms with E-state index in [4.69, 9.17) is 6.92 Å². The van der Waals surface area contributed by atoms with E-state index in [-0.39, 0.29) is 13.2 Å². The molecular formula is C4H7NO2. The van der Waals surface area contributed by atoms with E-state index in [0.29, 0.717) is 0 Å². The van der Waals surface area contributed by atoms with E-state index < -0.39 is 5.91 Å². The highest BCUT2D eigenvalue weighted by Crippen LogP contribution is 1.66. The van der Waals surface area contributed by atoms with Gasteiger partial charge in [-0.25, -0.2) is 0 Å². The maximum absolute atomic E-state index is 9.80. The van der Waals surface area contributed by atoms with Crippen molar-refractivity contribution in [1.82, 2.24) is 0 Å². The van der Waals surface area contributed by atoms with Gasteiger partial charge in [-0.3, -0.25) is 4.79 Å². The third-order valence-corrected chi connectivity index (χ3v) is 0.362. The van der Waals surface area contributed by atoms with Gasteiger partial charge in [-0.1, -0.05) is 0 Å². The predicted molar refractivity (Wildman–Crippen MR) is 24.3 cm³/mol. The Morgan fingerprint density at radius 3 is 2.57 bits per heavy atom. The lowest BCUT2D eigenvalue weighted by molar-refractivity contribution is -0.122. The number of amides is 1. The first-order valence-electron chi connectivity index (χ1n) is 1.83. The van der Waals surface area contributed by atoms with Gasteiger partial charge in [0.1, 0.15) is 6.61 Å². The van der Waals surface area contributed by atoms with Crippen LogP contribution in [0, 0.1) is 6.92 Å². The molecule has 2 radical (unpaired) electrons. The molecule has 0 aromatic rings. The highest BCUT2D eigenvalue weighted by atomic mass is 16.5. The van der Waals surface area contributed by atoms with Crippen molar-refractivity contribution in [3.63, 3.8) is 0 Å². The van der Waals surface area contributed by atoms with Crippen LogP contribution in [0.3, 0.4) is 0 Å². The first-order valence-corrected chi connectivity index (χ1v) is 1.83. The molecule has 0 aliphatic rings. The van der Waals surface area contributed by atoms with Crippen LogP contribution < -0.4 is 5.73 Å². The van der Waals surface area contributed by atoms with Crippen molar-refractivity contribution in [2.45, 2.75) is 0 Å². The molecule has 0 aromatic heterocycles. The first kappa shape index (κ1) is 6.43. The van der Waals surface area contributed by atoms with Crippen LogP contribution in [0.15, 0.2) is 0 Å². The van der Waals surface area contributed by atoms with Crippen molar-refractivity contribution in [2.75, 3.05) is 13.2 Å². The smallest absolute Gasteiger partial charge is 0.243 e. The Morgan fingerprint density at radius 2 is 2.43 bits per heavy atom. The van der Waals surface area contributed by atoms with Gasteiger partial charge in [-0.15, -0.1) is 0 Å². The molecule has 3 heteroatoms. The van der Waals surface area contributed by atoms with Gasteiger partial charge >= 0.3 is 0 Å². The Labute approximate surface area is 42.4 Å². The Balaban J connectivity index is 2.82. The van der Waals surface area contributed by atoms with Gasteiger partial charge in [0, 0.05) is 0 Å². The standard InChI is InChI=1S/C4H7NO2/c1-2-7-3-4(5)6/h1H,2-3H2,(H2,5,6). The highest BCUT2D eigenvalue weighted by molar-refractivity contribution is 5.74. The molecule has 0 aliphatic heterocycles. The molecule has 0 atom stereocenters. The fourth-order valence-electron chi connectivity index (χ4n) is 0.160. The van der Waals surface area contributed by atoms with Crippen LogP contribution >= 0.6 is 0 Å². The maximum Gasteiger partial charge on any atom is 0.243 e. The quantitative estimate of drug-likeness (QED) is 0.506. The summed E-state index contributed by atoms with van der Waals surface area (Å²) in [6.07, 6.45) is 0. The molecular weight excluding hydrogens is 94.0 g/mol. The second-order valence-electron chi connectivity index (χ2n) is 0.981. The molecule has 1 amide bonds. The van der Waals surface area contributed by atoms with Crippen molar-refractivity contribution in [2.24, 2.45) is 5.73 Å². The lowest BCUT2D eigenvalue weighted by Crippen LogP contribution is -2.17. The predicted octanol–water partition coefficient (Wildman–Crippen LogP) is -0.801. The molecule has 0 aromatic carbocycles. The fourth-order valence-corrected chi connectivity index (χ4v) is 0.160. The zero-order valence-electron chi connectivity index (χ0n) is 3.89. The summed E-state index contributed by atoms with van der Waals surface area (Å²) in [6, 6.07) is 0. The summed E-state index contributed by atoms with van der Waals surface area (Å²) in [5.41, 5.74) is 4.66. The van der Waals surface area contributed by atoms with Gasteiger partial charge in [0.05, 0.1) is 6.61 Å². The fraction of sp³-hybridized carbons (Fsp3) is 0.500. The third-order valence-electron chi connectivity index (χ3n) is 0.362. The van der Waals surface area contributed by atoms with Crippen molar-refractivity contribution >= 4 is 5.91 Å². The zero-order valence-corrected chi connectivity index (χ0v) is 3.89. The zero-order chi connectivity index (χ0) is 5.70. The Hall–Kier alpha value is -0.570. The molecule has 7 heavy (non-hydrogen) atoms. The third kappa shape index (κ3) is 5.43. The number of carbonyl (C=O) groups excluding carboxylic acids is 1. The van der Waals surface area contributed by atoms with Crippen LogP contribution in [0.4, 0.5) is 0 Å². The van der Waals surface area contributed by atoms with Gasteiger partial charge in [-0.05, 0) is 6.92 Å². The summed E-state index contributed by atoms with van der Waals surface area (Å²) >= 11 is 0. The minimum Gasteiger partial charge on any atom is -0.371 e. The number of primary amides is 1. The Morgan fingerprint density at radius 1 is 1.86 bits per heavy atom. The lowest BCUT2D eigenvalue weighted by atomic mass is 10.7. The molecule has 0 saturated carbocycles. The normalized spacial score (nSPS) is 8.71. The number of hydrogen-bond donors (Lipinski definition) is 1. The monoisotopic (exact) mass is 101 g/mol. The molecule has 2 N–H and O–H groups in total. The topological polar surface area (TPSA) is 52.3 Å². The van der Waals surface area contributed by atoms with E-state index in [1.807, 2.05) is 0 Å². The summed E-state index contributed by atoms with van der Waals surface area (Å²) in [4.78, 5) is 9.80. The lowest BCUT2D eigenvalue weighted by Gasteiger charge is -1.91. The molecule has 0 fully saturated rings. The van der Waals surface area contributed by atoms with Crippen LogP contribution in [-0.4, -0.2) is 19.1 Å². The van der Waals surface area contributed by atoms with E-state index in [1.165, 1.54) is 0 Å². The SMILES string of the molecule is [CH]COCC(N)=O. The second kappa shape index (κ2) is 3.61. The second-order valence-corrected chi connectivity index (χ2v) is 0.981. The summed E-state index contributed by atoms with van der Waals surface area (Å²) in [7, 11) is 0. The number of ether oxygens (including phenoxy) is 1. The Bertz CT molecular complexity index is 62.7. The number of carbonyl (C=O) groups is 1. The molecule has 3 nitrogen and oxygen atoms in total. The number of hydrogen-bond acceptors (Lipinski definition) is 2.